The van der Waals surface area contributed by atoms with E-state index >= 15 is 0 Å². The van der Waals surface area contributed by atoms with Crippen LogP contribution in [0.5, 0.6) is 0 Å². The van der Waals surface area contributed by atoms with Crippen molar-refractivity contribution >= 4 is 17.0 Å². The summed E-state index contributed by atoms with van der Waals surface area (Å²) in [6.45, 7) is 1.90. The highest BCUT2D eigenvalue weighted by molar-refractivity contribution is 5.82. The van der Waals surface area contributed by atoms with Crippen LogP contribution in [0.2, 0.25) is 0 Å². The van der Waals surface area contributed by atoms with E-state index in [4.69, 9.17) is 0 Å². The molecule has 0 radical (unpaired) electrons. The Labute approximate surface area is 110 Å². The second-order valence-electron chi connectivity index (χ2n) is 5.28. The monoisotopic (exact) mass is 258 g/mol. The van der Waals surface area contributed by atoms with Gasteiger partial charge in [-0.3, -0.25) is 0 Å². The van der Waals surface area contributed by atoms with Crippen molar-refractivity contribution in [3.63, 3.8) is 0 Å². The van der Waals surface area contributed by atoms with Crippen molar-refractivity contribution in [2.45, 2.75) is 38.1 Å². The number of halogens is 1. The maximum Gasteiger partial charge on any atom is 0.235 e. The number of aromatic nitrogens is 1. The van der Waals surface area contributed by atoms with Crippen LogP contribution >= 0.6 is 0 Å². The third kappa shape index (κ3) is 1.80. The van der Waals surface area contributed by atoms with E-state index in [9.17, 15) is 9.18 Å². The van der Waals surface area contributed by atoms with Gasteiger partial charge >= 0.3 is 0 Å². The quantitative estimate of drug-likeness (QED) is 0.647. The molecule has 1 saturated carbocycles. The molecule has 1 N–H and O–H groups in total. The van der Waals surface area contributed by atoms with Crippen LogP contribution in [-0.2, 0) is 10.3 Å². The van der Waals surface area contributed by atoms with Crippen LogP contribution in [0.3, 0.4) is 0 Å². The molecule has 0 unspecified atom stereocenters. The van der Waals surface area contributed by atoms with Gasteiger partial charge in [-0.25, -0.2) is 9.18 Å². The lowest BCUT2D eigenvalue weighted by Gasteiger charge is -2.23. The van der Waals surface area contributed by atoms with Gasteiger partial charge in [-0.1, -0.05) is 18.9 Å². The third-order valence-electron chi connectivity index (χ3n) is 4.06. The average Bonchev–Trinajstić information content (AvgIpc) is 2.97. The lowest BCUT2D eigenvalue weighted by atomic mass is 9.87. The van der Waals surface area contributed by atoms with Crippen LogP contribution in [0.4, 0.5) is 4.39 Å². The SMILES string of the molecule is Cc1cc2c(F)c(C3(N=C=O)CCCC3)ccc2[nH]1. The lowest BCUT2D eigenvalue weighted by Crippen LogP contribution is -2.20. The number of benzene rings is 1. The van der Waals surface area contributed by atoms with Gasteiger partial charge in [0.2, 0.25) is 6.08 Å². The maximum atomic E-state index is 14.7. The van der Waals surface area contributed by atoms with E-state index in [1.54, 1.807) is 18.2 Å². The van der Waals surface area contributed by atoms with Crippen molar-refractivity contribution in [2.24, 2.45) is 4.99 Å². The minimum atomic E-state index is -0.703. The number of fused-ring (bicyclic) bond motifs is 1. The molecule has 3 rings (SSSR count). The fourth-order valence-electron chi connectivity index (χ4n) is 3.16. The van der Waals surface area contributed by atoms with Gasteiger partial charge < -0.3 is 4.98 Å². The first-order valence-electron chi connectivity index (χ1n) is 6.54. The topological polar surface area (TPSA) is 45.2 Å². The molecule has 1 aromatic heterocycles. The van der Waals surface area contributed by atoms with Crippen LogP contribution < -0.4 is 0 Å². The van der Waals surface area contributed by atoms with Crippen LogP contribution in [-0.4, -0.2) is 11.1 Å². The summed E-state index contributed by atoms with van der Waals surface area (Å²) in [5.41, 5.74) is 1.53. The molecule has 98 valence electrons. The molecule has 1 aliphatic rings. The number of H-pyrrole nitrogens is 1. The van der Waals surface area contributed by atoms with E-state index in [1.165, 1.54) is 0 Å². The standard InChI is InChI=1S/C15H15FN2O/c1-10-8-11-13(18-10)5-4-12(14(11)16)15(17-9-19)6-2-3-7-15/h4-5,8,18H,2-3,6-7H2,1H3. The summed E-state index contributed by atoms with van der Waals surface area (Å²) < 4.78 is 14.7. The van der Waals surface area contributed by atoms with Gasteiger partial charge in [0.05, 0.1) is 0 Å². The van der Waals surface area contributed by atoms with E-state index in [2.05, 4.69) is 9.98 Å². The van der Waals surface area contributed by atoms with E-state index < -0.39 is 5.54 Å². The molecule has 2 aromatic rings. The van der Waals surface area contributed by atoms with E-state index in [0.717, 1.165) is 24.1 Å². The zero-order valence-corrected chi connectivity index (χ0v) is 10.8. The molecular formula is C15H15FN2O. The predicted octanol–water partition coefficient (Wildman–Crippen LogP) is 3.72. The Bertz CT molecular complexity index is 677. The van der Waals surface area contributed by atoms with Gasteiger partial charge in [0.15, 0.2) is 0 Å². The largest absolute Gasteiger partial charge is 0.359 e. The Morgan fingerprint density at radius 2 is 2.11 bits per heavy atom. The number of nitrogens with zero attached hydrogens (tertiary/aromatic N) is 1. The third-order valence-corrected chi connectivity index (χ3v) is 4.06. The van der Waals surface area contributed by atoms with E-state index in [0.29, 0.717) is 23.8 Å². The zero-order valence-electron chi connectivity index (χ0n) is 10.8. The molecule has 4 heteroatoms. The molecule has 0 saturated heterocycles. The first-order valence-corrected chi connectivity index (χ1v) is 6.54. The van der Waals surface area contributed by atoms with Gasteiger partial charge in [0.1, 0.15) is 11.4 Å². The van der Waals surface area contributed by atoms with Crippen molar-refractivity contribution in [1.29, 1.82) is 0 Å². The maximum absolute atomic E-state index is 14.7. The zero-order chi connectivity index (χ0) is 13.5. The van der Waals surface area contributed by atoms with Gasteiger partial charge in [-0.2, -0.15) is 4.99 Å². The van der Waals surface area contributed by atoms with Crippen LogP contribution in [0, 0.1) is 12.7 Å². The number of nitrogens with one attached hydrogen (secondary N) is 1. The molecule has 1 aliphatic carbocycles. The Kier molecular flexibility index (Phi) is 2.76. The van der Waals surface area contributed by atoms with Crippen molar-refractivity contribution < 1.29 is 9.18 Å². The highest BCUT2D eigenvalue weighted by Gasteiger charge is 2.38. The number of hydrogen-bond acceptors (Lipinski definition) is 2. The highest BCUT2D eigenvalue weighted by atomic mass is 19.1. The molecule has 3 nitrogen and oxygen atoms in total. The minimum absolute atomic E-state index is 0.261. The minimum Gasteiger partial charge on any atom is -0.359 e. The lowest BCUT2D eigenvalue weighted by molar-refractivity contribution is 0.433. The Hall–Kier alpha value is -1.93. The van der Waals surface area contributed by atoms with Crippen molar-refractivity contribution in [3.8, 4) is 0 Å². The normalized spacial score (nSPS) is 17.6. The van der Waals surface area contributed by atoms with E-state index in [-0.39, 0.29) is 5.82 Å². The Balaban J connectivity index is 2.23. The van der Waals surface area contributed by atoms with E-state index in [1.807, 2.05) is 13.0 Å². The number of carbonyl (C=O) groups excluding carboxylic acids is 1. The molecule has 0 aliphatic heterocycles. The Morgan fingerprint density at radius 1 is 1.37 bits per heavy atom. The number of isocyanates is 1. The molecule has 19 heavy (non-hydrogen) atoms. The smallest absolute Gasteiger partial charge is 0.235 e. The number of aromatic amines is 1. The Morgan fingerprint density at radius 3 is 2.79 bits per heavy atom. The van der Waals surface area contributed by atoms with Crippen LogP contribution in [0.1, 0.15) is 36.9 Å². The number of aliphatic imine (C=N–C) groups is 1. The van der Waals surface area contributed by atoms with Gasteiger partial charge in [0, 0.05) is 22.2 Å². The van der Waals surface area contributed by atoms with Crippen LogP contribution in [0.25, 0.3) is 10.9 Å². The molecule has 0 amide bonds. The molecule has 0 bridgehead atoms. The molecule has 0 atom stereocenters. The average molecular weight is 258 g/mol. The van der Waals surface area contributed by atoms with Gasteiger partial charge in [-0.15, -0.1) is 0 Å². The second kappa shape index (κ2) is 4.32. The second-order valence-corrected chi connectivity index (χ2v) is 5.28. The molecule has 1 fully saturated rings. The van der Waals surface area contributed by atoms with Crippen LogP contribution in [0.15, 0.2) is 23.2 Å². The molecule has 1 aromatic carbocycles. The highest BCUT2D eigenvalue weighted by Crippen LogP contribution is 2.44. The fourth-order valence-corrected chi connectivity index (χ4v) is 3.16. The fraction of sp³-hybridized carbons (Fsp3) is 0.400. The molecular weight excluding hydrogens is 243 g/mol. The first kappa shape index (κ1) is 12.1. The summed E-state index contributed by atoms with van der Waals surface area (Å²) >= 11 is 0. The summed E-state index contributed by atoms with van der Waals surface area (Å²) in [4.78, 5) is 17.8. The summed E-state index contributed by atoms with van der Waals surface area (Å²) in [6, 6.07) is 5.41. The summed E-state index contributed by atoms with van der Waals surface area (Å²) in [7, 11) is 0. The summed E-state index contributed by atoms with van der Waals surface area (Å²) in [6.07, 6.45) is 5.00. The molecule has 0 spiro atoms. The van der Waals surface area contributed by atoms with Crippen molar-refractivity contribution in [1.82, 2.24) is 4.98 Å². The molecule has 1 heterocycles. The van der Waals surface area contributed by atoms with Crippen molar-refractivity contribution in [2.75, 3.05) is 0 Å². The van der Waals surface area contributed by atoms with Crippen molar-refractivity contribution in [3.05, 3.63) is 35.3 Å². The summed E-state index contributed by atoms with van der Waals surface area (Å²) in [5.74, 6) is -0.261. The first-order chi connectivity index (χ1) is 9.16. The van der Waals surface area contributed by atoms with Gasteiger partial charge in [-0.05, 0) is 31.9 Å². The predicted molar refractivity (Wildman–Crippen MR) is 71.3 cm³/mol. The number of rotatable bonds is 2. The number of aryl methyl sites for hydroxylation is 1. The summed E-state index contributed by atoms with van der Waals surface area (Å²) in [5, 5.41) is 0.572. The van der Waals surface area contributed by atoms with Gasteiger partial charge in [0.25, 0.3) is 0 Å². The number of hydrogen-bond donors (Lipinski definition) is 1.